The van der Waals surface area contributed by atoms with Gasteiger partial charge in [0.05, 0.1) is 15.7 Å². The molecule has 0 saturated carbocycles. The van der Waals surface area contributed by atoms with Gasteiger partial charge < -0.3 is 5.32 Å². The van der Waals surface area contributed by atoms with E-state index in [4.69, 9.17) is 23.2 Å². The summed E-state index contributed by atoms with van der Waals surface area (Å²) >= 11 is 17.1. The summed E-state index contributed by atoms with van der Waals surface area (Å²) in [6.07, 6.45) is 0. The molecule has 0 aliphatic carbocycles. The van der Waals surface area contributed by atoms with E-state index in [2.05, 4.69) is 32.7 Å². The van der Waals surface area contributed by atoms with Crippen LogP contribution in [0.25, 0.3) is 0 Å². The van der Waals surface area contributed by atoms with Gasteiger partial charge in [-0.15, -0.1) is 0 Å². The standard InChI is InChI=1S/C11H8BrCl2NS/c12-8-1-2-9(11(14)10(8)13)15-5-7-3-4-16-6-7/h1-4,6,15H,5H2. The summed E-state index contributed by atoms with van der Waals surface area (Å²) in [5.74, 6) is 0. The zero-order chi connectivity index (χ0) is 11.5. The molecule has 1 aromatic heterocycles. The molecule has 0 saturated heterocycles. The highest BCUT2D eigenvalue weighted by Gasteiger charge is 2.07. The van der Waals surface area contributed by atoms with Crippen LogP contribution >= 0.6 is 50.5 Å². The molecule has 1 heterocycles. The molecule has 0 atom stereocenters. The maximum absolute atomic E-state index is 6.12. The van der Waals surface area contributed by atoms with Crippen molar-refractivity contribution in [2.24, 2.45) is 0 Å². The normalized spacial score (nSPS) is 10.4. The van der Waals surface area contributed by atoms with Crippen molar-refractivity contribution in [3.05, 3.63) is 49.0 Å². The van der Waals surface area contributed by atoms with Crippen molar-refractivity contribution in [2.45, 2.75) is 6.54 Å². The van der Waals surface area contributed by atoms with E-state index >= 15 is 0 Å². The van der Waals surface area contributed by atoms with Crippen LogP contribution < -0.4 is 5.32 Å². The minimum absolute atomic E-state index is 0.539. The summed E-state index contributed by atoms with van der Waals surface area (Å²) in [5.41, 5.74) is 2.08. The molecule has 1 N–H and O–H groups in total. The molecule has 0 fully saturated rings. The first-order valence-electron chi connectivity index (χ1n) is 4.57. The monoisotopic (exact) mass is 335 g/mol. The number of benzene rings is 1. The first kappa shape index (κ1) is 12.2. The highest BCUT2D eigenvalue weighted by atomic mass is 79.9. The average molecular weight is 337 g/mol. The van der Waals surface area contributed by atoms with E-state index in [0.29, 0.717) is 10.0 Å². The van der Waals surface area contributed by atoms with Crippen molar-refractivity contribution in [1.82, 2.24) is 0 Å². The van der Waals surface area contributed by atoms with Crippen molar-refractivity contribution in [3.63, 3.8) is 0 Å². The summed E-state index contributed by atoms with van der Waals surface area (Å²) in [6.45, 7) is 0.751. The van der Waals surface area contributed by atoms with Crippen LogP contribution in [-0.4, -0.2) is 0 Å². The number of nitrogens with one attached hydrogen (secondary N) is 1. The highest BCUT2D eigenvalue weighted by molar-refractivity contribution is 9.10. The predicted octanol–water partition coefficient (Wildman–Crippen LogP) is 5.43. The second-order valence-electron chi connectivity index (χ2n) is 3.21. The summed E-state index contributed by atoms with van der Waals surface area (Å²) in [7, 11) is 0. The van der Waals surface area contributed by atoms with Crippen molar-refractivity contribution < 1.29 is 0 Å². The topological polar surface area (TPSA) is 12.0 Å². The lowest BCUT2D eigenvalue weighted by Crippen LogP contribution is -1.98. The first-order chi connectivity index (χ1) is 7.68. The fourth-order valence-electron chi connectivity index (χ4n) is 1.25. The van der Waals surface area contributed by atoms with E-state index in [9.17, 15) is 0 Å². The van der Waals surface area contributed by atoms with Crippen LogP contribution in [0.1, 0.15) is 5.56 Å². The zero-order valence-corrected chi connectivity index (χ0v) is 12.1. The van der Waals surface area contributed by atoms with Crippen LogP contribution in [0.5, 0.6) is 0 Å². The van der Waals surface area contributed by atoms with E-state index in [1.807, 2.05) is 17.5 Å². The molecule has 5 heteroatoms. The molecule has 0 aliphatic heterocycles. The van der Waals surface area contributed by atoms with Crippen molar-refractivity contribution in [2.75, 3.05) is 5.32 Å². The van der Waals surface area contributed by atoms with Crippen molar-refractivity contribution in [3.8, 4) is 0 Å². The molecule has 2 rings (SSSR count). The predicted molar refractivity (Wildman–Crippen MR) is 75.8 cm³/mol. The molecule has 0 unspecified atom stereocenters. The molecular formula is C11H8BrCl2NS. The Hall–Kier alpha value is -0.220. The number of hydrogen-bond donors (Lipinski definition) is 1. The van der Waals surface area contributed by atoms with Crippen LogP contribution in [0.3, 0.4) is 0 Å². The average Bonchev–Trinajstić information content (AvgIpc) is 2.78. The first-order valence-corrected chi connectivity index (χ1v) is 7.06. The Bertz CT molecular complexity index is 485. The smallest absolute Gasteiger partial charge is 0.0835 e. The molecule has 0 radical (unpaired) electrons. The second kappa shape index (κ2) is 5.41. The summed E-state index contributed by atoms with van der Waals surface area (Å²) in [4.78, 5) is 0. The molecular weight excluding hydrogens is 329 g/mol. The minimum atomic E-state index is 0.539. The van der Waals surface area contributed by atoms with Gasteiger partial charge in [-0.05, 0) is 50.5 Å². The van der Waals surface area contributed by atoms with E-state index in [1.165, 1.54) is 5.56 Å². The summed E-state index contributed by atoms with van der Waals surface area (Å²) in [5, 5.41) is 8.49. The largest absolute Gasteiger partial charge is 0.380 e. The Balaban J connectivity index is 2.13. The van der Waals surface area contributed by atoms with Gasteiger partial charge in [-0.25, -0.2) is 0 Å². The fraction of sp³-hybridized carbons (Fsp3) is 0.0909. The molecule has 0 amide bonds. The number of thiophene rings is 1. The SMILES string of the molecule is Clc1c(Br)ccc(NCc2ccsc2)c1Cl. The minimum Gasteiger partial charge on any atom is -0.380 e. The lowest BCUT2D eigenvalue weighted by molar-refractivity contribution is 1.16. The van der Waals surface area contributed by atoms with Gasteiger partial charge in [0.15, 0.2) is 0 Å². The lowest BCUT2D eigenvalue weighted by Gasteiger charge is -2.09. The second-order valence-corrected chi connectivity index (χ2v) is 5.60. The molecule has 84 valence electrons. The summed E-state index contributed by atoms with van der Waals surface area (Å²) < 4.78 is 0.806. The Morgan fingerprint density at radius 2 is 2.00 bits per heavy atom. The molecule has 1 aromatic carbocycles. The highest BCUT2D eigenvalue weighted by Crippen LogP contribution is 2.35. The van der Waals surface area contributed by atoms with Crippen LogP contribution in [0, 0.1) is 0 Å². The van der Waals surface area contributed by atoms with Gasteiger partial charge in [-0.3, -0.25) is 0 Å². The molecule has 1 nitrogen and oxygen atoms in total. The van der Waals surface area contributed by atoms with Gasteiger partial charge in [0, 0.05) is 11.0 Å². The van der Waals surface area contributed by atoms with Gasteiger partial charge in [-0.2, -0.15) is 11.3 Å². The number of rotatable bonds is 3. The Morgan fingerprint density at radius 1 is 1.19 bits per heavy atom. The van der Waals surface area contributed by atoms with E-state index in [-0.39, 0.29) is 0 Å². The lowest BCUT2D eigenvalue weighted by atomic mass is 10.3. The summed E-state index contributed by atoms with van der Waals surface area (Å²) in [6, 6.07) is 5.86. The van der Waals surface area contributed by atoms with Crippen molar-refractivity contribution in [1.29, 1.82) is 0 Å². The Morgan fingerprint density at radius 3 is 2.69 bits per heavy atom. The van der Waals surface area contributed by atoms with E-state index in [1.54, 1.807) is 11.3 Å². The van der Waals surface area contributed by atoms with Crippen LogP contribution in [0.15, 0.2) is 33.4 Å². The van der Waals surface area contributed by atoms with Gasteiger partial charge in [0.1, 0.15) is 0 Å². The third kappa shape index (κ3) is 2.72. The maximum atomic E-state index is 6.12. The number of hydrogen-bond acceptors (Lipinski definition) is 2. The van der Waals surface area contributed by atoms with Crippen molar-refractivity contribution >= 4 is 56.2 Å². The van der Waals surface area contributed by atoms with Gasteiger partial charge in [0.25, 0.3) is 0 Å². The van der Waals surface area contributed by atoms with Gasteiger partial charge >= 0.3 is 0 Å². The molecule has 0 aliphatic rings. The third-order valence-corrected chi connectivity index (χ3v) is 4.60. The molecule has 2 aromatic rings. The van der Waals surface area contributed by atoms with Crippen LogP contribution in [0.2, 0.25) is 10.0 Å². The van der Waals surface area contributed by atoms with E-state index < -0.39 is 0 Å². The Labute approximate surface area is 117 Å². The quantitative estimate of drug-likeness (QED) is 0.737. The fourth-order valence-corrected chi connectivity index (χ4v) is 2.76. The molecule has 0 bridgehead atoms. The molecule has 0 spiro atoms. The van der Waals surface area contributed by atoms with E-state index in [0.717, 1.165) is 16.7 Å². The van der Waals surface area contributed by atoms with Crippen LogP contribution in [-0.2, 0) is 6.54 Å². The number of halogens is 3. The van der Waals surface area contributed by atoms with Gasteiger partial charge in [-0.1, -0.05) is 23.2 Å². The number of anilines is 1. The molecule has 16 heavy (non-hydrogen) atoms. The third-order valence-electron chi connectivity index (χ3n) is 2.10. The van der Waals surface area contributed by atoms with Gasteiger partial charge in [0.2, 0.25) is 0 Å². The maximum Gasteiger partial charge on any atom is 0.0835 e. The Kier molecular flexibility index (Phi) is 4.14. The zero-order valence-electron chi connectivity index (χ0n) is 8.14. The van der Waals surface area contributed by atoms with Crippen LogP contribution in [0.4, 0.5) is 5.69 Å².